The number of hydrogen-bond donors (Lipinski definition) is 0. The minimum atomic E-state index is -0.503. The van der Waals surface area contributed by atoms with Gasteiger partial charge in [0.15, 0.2) is 6.29 Å². The van der Waals surface area contributed by atoms with Gasteiger partial charge < -0.3 is 23.7 Å². The van der Waals surface area contributed by atoms with Gasteiger partial charge in [0.25, 0.3) is 0 Å². The first-order chi connectivity index (χ1) is 20.3. The van der Waals surface area contributed by atoms with Crippen molar-refractivity contribution in [3.05, 3.63) is 144 Å². The molecule has 0 N–H and O–H groups in total. The van der Waals surface area contributed by atoms with Crippen molar-refractivity contribution in [3.8, 4) is 0 Å². The van der Waals surface area contributed by atoms with E-state index in [-0.39, 0.29) is 24.2 Å². The Bertz CT molecular complexity index is 1260. The lowest BCUT2D eigenvalue weighted by molar-refractivity contribution is -0.303. The Balaban J connectivity index is 1.37. The third kappa shape index (κ3) is 8.82. The zero-order chi connectivity index (χ0) is 28.1. The second kappa shape index (κ2) is 16.0. The van der Waals surface area contributed by atoms with Crippen molar-refractivity contribution in [3.63, 3.8) is 0 Å². The lowest BCUT2D eigenvalue weighted by Gasteiger charge is -2.45. The minimum absolute atomic E-state index is 0.103. The third-order valence-corrected chi connectivity index (χ3v) is 7.92. The Morgan fingerprint density at radius 3 is 1.39 bits per heavy atom. The van der Waals surface area contributed by atoms with Gasteiger partial charge in [-0.05, 0) is 22.3 Å². The quantitative estimate of drug-likeness (QED) is 0.139. The molecule has 1 fully saturated rings. The lowest BCUT2D eigenvalue weighted by atomic mass is 9.91. The molecule has 1 aliphatic heterocycles. The van der Waals surface area contributed by atoms with Crippen LogP contribution in [0.4, 0.5) is 0 Å². The summed E-state index contributed by atoms with van der Waals surface area (Å²) in [6.07, 6.45) is -1.55. The fourth-order valence-corrected chi connectivity index (χ4v) is 5.67. The summed E-state index contributed by atoms with van der Waals surface area (Å²) in [5.41, 5.74) is 4.39. The lowest BCUT2D eigenvalue weighted by Crippen LogP contribution is -2.58. The van der Waals surface area contributed by atoms with Gasteiger partial charge >= 0.3 is 0 Å². The van der Waals surface area contributed by atoms with Gasteiger partial charge in [0.1, 0.15) is 12.2 Å². The highest BCUT2D eigenvalue weighted by molar-refractivity contribution is 9.09. The van der Waals surface area contributed by atoms with E-state index in [2.05, 4.69) is 64.5 Å². The number of hydrogen-bond acceptors (Lipinski definition) is 5. The highest BCUT2D eigenvalue weighted by atomic mass is 79.9. The van der Waals surface area contributed by atoms with E-state index in [9.17, 15) is 0 Å². The van der Waals surface area contributed by atoms with Crippen molar-refractivity contribution in [1.29, 1.82) is 0 Å². The molecule has 41 heavy (non-hydrogen) atoms. The Morgan fingerprint density at radius 1 is 0.512 bits per heavy atom. The van der Waals surface area contributed by atoms with Crippen LogP contribution in [0.2, 0.25) is 0 Å². The largest absolute Gasteiger partial charge is 0.374 e. The summed E-state index contributed by atoms with van der Waals surface area (Å²) in [6, 6.07) is 40.7. The molecule has 0 bridgehead atoms. The van der Waals surface area contributed by atoms with Gasteiger partial charge in [0.05, 0.1) is 39.1 Å². The van der Waals surface area contributed by atoms with Gasteiger partial charge in [0.2, 0.25) is 0 Å². The first-order valence-electron chi connectivity index (χ1n) is 14.1. The van der Waals surface area contributed by atoms with Crippen LogP contribution in [0.5, 0.6) is 0 Å². The van der Waals surface area contributed by atoms with Crippen molar-refractivity contribution < 1.29 is 23.7 Å². The minimum Gasteiger partial charge on any atom is -0.374 e. The monoisotopic (exact) mass is 616 g/mol. The van der Waals surface area contributed by atoms with Crippen molar-refractivity contribution in [1.82, 2.24) is 0 Å². The maximum absolute atomic E-state index is 6.68. The SMILES string of the molecule is BrC[C@@H]1[C@@H](OCc2ccccc2)O[C@H](COCc2ccccc2)[C@@H](OCc2ccccc2)[C@@H]1OCc1ccccc1. The fourth-order valence-electron chi connectivity index (χ4n) is 4.99. The summed E-state index contributed by atoms with van der Waals surface area (Å²) in [6.45, 7) is 2.18. The molecular formula is C35H37BrO5. The van der Waals surface area contributed by atoms with E-state index in [4.69, 9.17) is 23.7 Å². The Labute approximate surface area is 251 Å². The number of rotatable bonds is 14. The van der Waals surface area contributed by atoms with E-state index in [1.807, 2.05) is 72.8 Å². The van der Waals surface area contributed by atoms with Crippen LogP contribution in [-0.2, 0) is 50.1 Å². The van der Waals surface area contributed by atoms with Gasteiger partial charge in [-0.1, -0.05) is 137 Å². The van der Waals surface area contributed by atoms with Crippen LogP contribution in [0.25, 0.3) is 0 Å². The molecule has 4 aromatic carbocycles. The number of halogens is 1. The van der Waals surface area contributed by atoms with E-state index in [0.717, 1.165) is 22.3 Å². The van der Waals surface area contributed by atoms with Crippen molar-refractivity contribution in [2.45, 2.75) is 51.0 Å². The van der Waals surface area contributed by atoms with E-state index < -0.39 is 6.29 Å². The molecule has 5 nitrogen and oxygen atoms in total. The first kappa shape index (κ1) is 29.6. The molecule has 6 heteroatoms. The number of ether oxygens (including phenoxy) is 5. The van der Waals surface area contributed by atoms with E-state index in [0.29, 0.717) is 38.4 Å². The fraction of sp³-hybridized carbons (Fsp3) is 0.314. The summed E-state index contributed by atoms with van der Waals surface area (Å²) in [4.78, 5) is 0. The van der Waals surface area contributed by atoms with Gasteiger partial charge in [-0.3, -0.25) is 0 Å². The summed E-state index contributed by atoms with van der Waals surface area (Å²) >= 11 is 3.74. The van der Waals surface area contributed by atoms with Crippen molar-refractivity contribution in [2.75, 3.05) is 11.9 Å². The standard InChI is InChI=1S/C35H37BrO5/c36-21-31-33(38-23-28-15-7-2-8-16-28)34(39-24-29-17-9-3-10-18-29)32(26-37-22-27-13-5-1-6-14-27)41-35(31)40-25-30-19-11-4-12-20-30/h1-20,31-35H,21-26H2/t31-,32+,33+,34+,35-/m0/s1. The Kier molecular flexibility index (Phi) is 11.5. The van der Waals surface area contributed by atoms with E-state index in [1.54, 1.807) is 0 Å². The first-order valence-corrected chi connectivity index (χ1v) is 15.2. The molecule has 0 spiro atoms. The molecule has 4 aromatic rings. The van der Waals surface area contributed by atoms with E-state index in [1.165, 1.54) is 0 Å². The van der Waals surface area contributed by atoms with Gasteiger partial charge in [0, 0.05) is 11.2 Å². The number of alkyl halides is 1. The van der Waals surface area contributed by atoms with Gasteiger partial charge in [-0.15, -0.1) is 0 Å². The average Bonchev–Trinajstić information content (AvgIpc) is 3.04. The van der Waals surface area contributed by atoms with E-state index >= 15 is 0 Å². The maximum atomic E-state index is 6.68. The predicted octanol–water partition coefficient (Wildman–Crippen LogP) is 7.33. The molecule has 0 amide bonds. The van der Waals surface area contributed by atoms with Crippen LogP contribution in [0.1, 0.15) is 22.3 Å². The summed E-state index contributed by atoms with van der Waals surface area (Å²) in [5.74, 6) is -0.103. The van der Waals surface area contributed by atoms with Gasteiger partial charge in [-0.2, -0.15) is 0 Å². The van der Waals surface area contributed by atoms with Crippen LogP contribution in [0.15, 0.2) is 121 Å². The normalized spacial score (nSPS) is 22.4. The average molecular weight is 618 g/mol. The zero-order valence-electron chi connectivity index (χ0n) is 23.1. The molecule has 0 unspecified atom stereocenters. The molecule has 0 radical (unpaired) electrons. The summed E-state index contributed by atoms with van der Waals surface area (Å²) in [7, 11) is 0. The van der Waals surface area contributed by atoms with Gasteiger partial charge in [-0.25, -0.2) is 0 Å². The van der Waals surface area contributed by atoms with Crippen LogP contribution < -0.4 is 0 Å². The van der Waals surface area contributed by atoms with Crippen LogP contribution >= 0.6 is 15.9 Å². The molecule has 1 aliphatic rings. The Hall–Kier alpha value is -2.84. The molecule has 1 heterocycles. The molecule has 5 rings (SSSR count). The molecular weight excluding hydrogens is 580 g/mol. The zero-order valence-corrected chi connectivity index (χ0v) is 24.7. The molecule has 0 aliphatic carbocycles. The molecule has 1 saturated heterocycles. The maximum Gasteiger partial charge on any atom is 0.164 e. The smallest absolute Gasteiger partial charge is 0.164 e. The Morgan fingerprint density at radius 2 is 0.927 bits per heavy atom. The topological polar surface area (TPSA) is 46.2 Å². The predicted molar refractivity (Wildman–Crippen MR) is 163 cm³/mol. The van der Waals surface area contributed by atoms with Crippen molar-refractivity contribution in [2.24, 2.45) is 5.92 Å². The molecule has 0 saturated carbocycles. The second-order valence-corrected chi connectivity index (χ2v) is 10.8. The second-order valence-electron chi connectivity index (χ2n) is 10.2. The molecule has 5 atom stereocenters. The van der Waals surface area contributed by atoms with Crippen LogP contribution in [0, 0.1) is 5.92 Å². The number of benzene rings is 4. The third-order valence-electron chi connectivity index (χ3n) is 7.17. The molecule has 0 aromatic heterocycles. The highest BCUT2D eigenvalue weighted by Gasteiger charge is 2.47. The van der Waals surface area contributed by atoms with Crippen LogP contribution in [-0.4, -0.2) is 36.5 Å². The summed E-state index contributed by atoms with van der Waals surface area (Å²) in [5, 5.41) is 0.634. The van der Waals surface area contributed by atoms with Crippen molar-refractivity contribution >= 4 is 15.9 Å². The van der Waals surface area contributed by atoms with Crippen LogP contribution in [0.3, 0.4) is 0 Å². The molecule has 214 valence electrons. The summed E-state index contributed by atoms with van der Waals surface area (Å²) < 4.78 is 32.6. The highest BCUT2D eigenvalue weighted by Crippen LogP contribution is 2.34.